The Hall–Kier alpha value is -1.28. The lowest BCUT2D eigenvalue weighted by Crippen LogP contribution is -2.21. The SMILES string of the molecule is C[C@H](c1ccc(OC(F)(F)F)cc1)S(=O)(=O)C[C@@H]1CCOC1. The molecule has 1 aromatic rings. The molecule has 0 unspecified atom stereocenters. The molecule has 0 radical (unpaired) electrons. The quantitative estimate of drug-likeness (QED) is 0.828. The molecule has 1 saturated heterocycles. The van der Waals surface area contributed by atoms with Gasteiger partial charge in [-0.3, -0.25) is 0 Å². The Morgan fingerprint density at radius 3 is 2.45 bits per heavy atom. The topological polar surface area (TPSA) is 52.6 Å². The van der Waals surface area contributed by atoms with Crippen molar-refractivity contribution in [3.05, 3.63) is 29.8 Å². The first kappa shape index (κ1) is 17.1. The van der Waals surface area contributed by atoms with Crippen LogP contribution in [0, 0.1) is 5.92 Å². The molecule has 1 aromatic carbocycles. The molecule has 0 saturated carbocycles. The van der Waals surface area contributed by atoms with Gasteiger partial charge in [0.2, 0.25) is 0 Å². The van der Waals surface area contributed by atoms with Crippen LogP contribution < -0.4 is 4.74 Å². The van der Waals surface area contributed by atoms with Crippen molar-refractivity contribution in [2.75, 3.05) is 19.0 Å². The van der Waals surface area contributed by atoms with Gasteiger partial charge < -0.3 is 9.47 Å². The molecule has 4 nitrogen and oxygen atoms in total. The molecule has 0 aromatic heterocycles. The number of alkyl halides is 3. The summed E-state index contributed by atoms with van der Waals surface area (Å²) < 4.78 is 69.9. The van der Waals surface area contributed by atoms with E-state index in [9.17, 15) is 21.6 Å². The minimum absolute atomic E-state index is 0.0136. The van der Waals surface area contributed by atoms with Crippen LogP contribution in [-0.4, -0.2) is 33.7 Å². The summed E-state index contributed by atoms with van der Waals surface area (Å²) >= 11 is 0. The largest absolute Gasteiger partial charge is 0.573 e. The predicted octanol–water partition coefficient (Wildman–Crippen LogP) is 3.10. The van der Waals surface area contributed by atoms with E-state index in [1.807, 2.05) is 0 Å². The first-order chi connectivity index (χ1) is 10.2. The molecular formula is C14H17F3O4S. The van der Waals surface area contributed by atoms with Gasteiger partial charge in [-0.25, -0.2) is 8.42 Å². The maximum Gasteiger partial charge on any atom is 0.573 e. The fraction of sp³-hybridized carbons (Fsp3) is 0.571. The second-order valence-corrected chi connectivity index (χ2v) is 7.68. The molecular weight excluding hydrogens is 321 g/mol. The monoisotopic (exact) mass is 338 g/mol. The van der Waals surface area contributed by atoms with E-state index < -0.39 is 21.4 Å². The Balaban J connectivity index is 2.06. The zero-order valence-electron chi connectivity index (χ0n) is 12.0. The second-order valence-electron chi connectivity index (χ2n) is 5.32. The third kappa shape index (κ3) is 4.61. The number of hydrogen-bond donors (Lipinski definition) is 0. The standard InChI is InChI=1S/C14H17F3O4S/c1-10(22(18,19)9-11-6-7-20-8-11)12-2-4-13(5-3-12)21-14(15,16)17/h2-5,10-11H,6-9H2,1H3/t10-,11-/m1/s1. The molecule has 124 valence electrons. The number of hydrogen-bond acceptors (Lipinski definition) is 4. The molecule has 0 bridgehead atoms. The summed E-state index contributed by atoms with van der Waals surface area (Å²) in [6.45, 7) is 2.53. The van der Waals surface area contributed by atoms with Gasteiger partial charge in [-0.2, -0.15) is 0 Å². The van der Waals surface area contributed by atoms with Gasteiger partial charge in [0.1, 0.15) is 5.75 Å². The number of rotatable bonds is 5. The highest BCUT2D eigenvalue weighted by molar-refractivity contribution is 7.91. The van der Waals surface area contributed by atoms with Crippen LogP contribution in [-0.2, 0) is 14.6 Å². The Kier molecular flexibility index (Phi) is 5.01. The minimum Gasteiger partial charge on any atom is -0.406 e. The van der Waals surface area contributed by atoms with E-state index in [1.165, 1.54) is 19.1 Å². The summed E-state index contributed by atoms with van der Waals surface area (Å²) in [4.78, 5) is 0. The van der Waals surface area contributed by atoms with E-state index in [2.05, 4.69) is 4.74 Å². The Morgan fingerprint density at radius 2 is 1.95 bits per heavy atom. The van der Waals surface area contributed by atoms with Crippen LogP contribution in [0.1, 0.15) is 24.2 Å². The lowest BCUT2D eigenvalue weighted by molar-refractivity contribution is -0.274. The van der Waals surface area contributed by atoms with Crippen LogP contribution in [0.15, 0.2) is 24.3 Å². The fourth-order valence-electron chi connectivity index (χ4n) is 2.34. The molecule has 1 aliphatic rings. The van der Waals surface area contributed by atoms with Crippen molar-refractivity contribution in [1.29, 1.82) is 0 Å². The minimum atomic E-state index is -4.76. The van der Waals surface area contributed by atoms with Gasteiger partial charge in [0.25, 0.3) is 0 Å². The van der Waals surface area contributed by atoms with Crippen molar-refractivity contribution in [1.82, 2.24) is 0 Å². The fourth-order valence-corrected chi connectivity index (χ4v) is 4.12. The number of sulfone groups is 1. The summed E-state index contributed by atoms with van der Waals surface area (Å²) in [5, 5.41) is -0.784. The summed E-state index contributed by atoms with van der Waals surface area (Å²) in [6.07, 6.45) is -4.05. The van der Waals surface area contributed by atoms with Crippen LogP contribution in [0.2, 0.25) is 0 Å². The van der Waals surface area contributed by atoms with E-state index in [0.29, 0.717) is 25.2 Å². The van der Waals surface area contributed by atoms with Crippen LogP contribution in [0.5, 0.6) is 5.75 Å². The molecule has 0 spiro atoms. The molecule has 1 aliphatic heterocycles. The van der Waals surface area contributed by atoms with Crippen LogP contribution in [0.4, 0.5) is 13.2 Å². The summed E-state index contributed by atoms with van der Waals surface area (Å²) in [6, 6.07) is 4.92. The Morgan fingerprint density at radius 1 is 1.32 bits per heavy atom. The number of benzene rings is 1. The lowest BCUT2D eigenvalue weighted by atomic mass is 10.1. The zero-order valence-corrected chi connectivity index (χ0v) is 12.8. The smallest absolute Gasteiger partial charge is 0.406 e. The highest BCUT2D eigenvalue weighted by Gasteiger charge is 2.32. The molecule has 1 fully saturated rings. The van der Waals surface area contributed by atoms with Gasteiger partial charge >= 0.3 is 6.36 Å². The van der Waals surface area contributed by atoms with E-state index in [4.69, 9.17) is 4.74 Å². The van der Waals surface area contributed by atoms with Gasteiger partial charge in [-0.1, -0.05) is 12.1 Å². The third-order valence-electron chi connectivity index (χ3n) is 3.61. The van der Waals surface area contributed by atoms with Crippen molar-refractivity contribution in [2.45, 2.75) is 25.0 Å². The third-order valence-corrected chi connectivity index (χ3v) is 5.90. The average Bonchev–Trinajstić information content (AvgIpc) is 2.89. The van der Waals surface area contributed by atoms with E-state index >= 15 is 0 Å². The van der Waals surface area contributed by atoms with E-state index in [0.717, 1.165) is 12.1 Å². The summed E-state index contributed by atoms with van der Waals surface area (Å²) in [5.41, 5.74) is 0.438. The van der Waals surface area contributed by atoms with Gasteiger partial charge in [0.05, 0.1) is 17.6 Å². The Labute approximate surface area is 127 Å². The summed E-state index contributed by atoms with van der Waals surface area (Å²) in [7, 11) is -3.39. The van der Waals surface area contributed by atoms with Crippen LogP contribution in [0.25, 0.3) is 0 Å². The maximum atomic E-state index is 12.3. The van der Waals surface area contributed by atoms with Crippen molar-refractivity contribution in [3.63, 3.8) is 0 Å². The van der Waals surface area contributed by atoms with Crippen LogP contribution >= 0.6 is 0 Å². The summed E-state index contributed by atoms with van der Waals surface area (Å²) in [5.74, 6) is -0.361. The maximum absolute atomic E-state index is 12.3. The molecule has 0 amide bonds. The Bertz CT molecular complexity index is 590. The van der Waals surface area contributed by atoms with Crippen LogP contribution in [0.3, 0.4) is 0 Å². The number of halogens is 3. The van der Waals surface area contributed by atoms with Crippen molar-refractivity contribution in [3.8, 4) is 5.75 Å². The van der Waals surface area contributed by atoms with Gasteiger partial charge in [-0.15, -0.1) is 13.2 Å². The van der Waals surface area contributed by atoms with Crippen molar-refractivity contribution in [2.24, 2.45) is 5.92 Å². The first-order valence-corrected chi connectivity index (χ1v) is 8.54. The first-order valence-electron chi connectivity index (χ1n) is 6.82. The van der Waals surface area contributed by atoms with E-state index in [-0.39, 0.29) is 17.4 Å². The zero-order chi connectivity index (χ0) is 16.4. The second kappa shape index (κ2) is 6.45. The molecule has 0 aliphatic carbocycles. The molecule has 0 N–H and O–H groups in total. The highest BCUT2D eigenvalue weighted by Crippen LogP contribution is 2.29. The number of ether oxygens (including phenoxy) is 2. The van der Waals surface area contributed by atoms with Gasteiger partial charge in [-0.05, 0) is 37.0 Å². The van der Waals surface area contributed by atoms with Gasteiger partial charge in [0.15, 0.2) is 9.84 Å². The van der Waals surface area contributed by atoms with Crippen molar-refractivity contribution < 1.29 is 31.1 Å². The molecule has 8 heteroatoms. The predicted molar refractivity (Wildman–Crippen MR) is 74.3 cm³/mol. The molecule has 2 rings (SSSR count). The normalized spacial score (nSPS) is 20.8. The lowest BCUT2D eigenvalue weighted by Gasteiger charge is -2.16. The molecule has 2 atom stereocenters. The van der Waals surface area contributed by atoms with E-state index in [1.54, 1.807) is 0 Å². The molecule has 22 heavy (non-hydrogen) atoms. The van der Waals surface area contributed by atoms with Gasteiger partial charge in [0, 0.05) is 6.61 Å². The molecule has 1 heterocycles. The average molecular weight is 338 g/mol. The highest BCUT2D eigenvalue weighted by atomic mass is 32.2. The van der Waals surface area contributed by atoms with Crippen molar-refractivity contribution >= 4 is 9.84 Å².